The summed E-state index contributed by atoms with van der Waals surface area (Å²) in [5, 5.41) is 2.68. The molecular weight excluding hydrogens is 294 g/mol. The average molecular weight is 313 g/mol. The highest BCUT2D eigenvalue weighted by atomic mass is 16.5. The average Bonchev–Trinajstić information content (AvgIpc) is 3.05. The van der Waals surface area contributed by atoms with Crippen molar-refractivity contribution in [1.29, 1.82) is 0 Å². The molecule has 0 saturated carbocycles. The molecule has 0 spiro atoms. The molecule has 120 valence electrons. The molecular formula is C18H19NO4. The van der Waals surface area contributed by atoms with Gasteiger partial charge in [0.1, 0.15) is 5.76 Å². The van der Waals surface area contributed by atoms with Crippen LogP contribution in [-0.4, -0.2) is 18.5 Å². The fourth-order valence-corrected chi connectivity index (χ4v) is 2.01. The van der Waals surface area contributed by atoms with E-state index in [0.717, 1.165) is 11.1 Å². The van der Waals surface area contributed by atoms with Crippen LogP contribution < -0.4 is 5.32 Å². The van der Waals surface area contributed by atoms with Crippen molar-refractivity contribution in [3.05, 3.63) is 65.6 Å². The van der Waals surface area contributed by atoms with Crippen molar-refractivity contribution in [2.24, 2.45) is 0 Å². The predicted octanol–water partition coefficient (Wildman–Crippen LogP) is 3.02. The van der Waals surface area contributed by atoms with Crippen LogP contribution >= 0.6 is 0 Å². The third-order valence-corrected chi connectivity index (χ3v) is 3.15. The molecule has 5 nitrogen and oxygen atoms in total. The molecule has 0 bridgehead atoms. The third-order valence-electron chi connectivity index (χ3n) is 3.15. The van der Waals surface area contributed by atoms with Crippen molar-refractivity contribution < 1.29 is 18.7 Å². The number of amides is 1. The first-order valence-corrected chi connectivity index (χ1v) is 7.29. The zero-order valence-corrected chi connectivity index (χ0v) is 13.1. The number of ether oxygens (including phenoxy) is 1. The Hall–Kier alpha value is -2.82. The van der Waals surface area contributed by atoms with Gasteiger partial charge < -0.3 is 14.5 Å². The van der Waals surface area contributed by atoms with Gasteiger partial charge in [0.2, 0.25) is 0 Å². The minimum atomic E-state index is -0.563. The van der Waals surface area contributed by atoms with Crippen LogP contribution in [0.15, 0.2) is 53.2 Å². The van der Waals surface area contributed by atoms with Crippen LogP contribution in [0, 0.1) is 6.92 Å². The maximum absolute atomic E-state index is 11.7. The fraction of sp³-hybridized carbons (Fsp3) is 0.222. The zero-order chi connectivity index (χ0) is 16.7. The van der Waals surface area contributed by atoms with Gasteiger partial charge in [-0.1, -0.05) is 29.8 Å². The van der Waals surface area contributed by atoms with E-state index in [2.05, 4.69) is 5.32 Å². The molecule has 23 heavy (non-hydrogen) atoms. The van der Waals surface area contributed by atoms with Gasteiger partial charge in [-0.05, 0) is 37.6 Å². The van der Waals surface area contributed by atoms with Gasteiger partial charge in [0.05, 0.1) is 12.3 Å². The van der Waals surface area contributed by atoms with Crippen molar-refractivity contribution in [3.63, 3.8) is 0 Å². The van der Waals surface area contributed by atoms with E-state index in [0.29, 0.717) is 5.76 Å². The summed E-state index contributed by atoms with van der Waals surface area (Å²) >= 11 is 0. The van der Waals surface area contributed by atoms with Crippen molar-refractivity contribution in [1.82, 2.24) is 5.32 Å². The summed E-state index contributed by atoms with van der Waals surface area (Å²) in [4.78, 5) is 23.3. The van der Waals surface area contributed by atoms with E-state index in [1.165, 1.54) is 12.3 Å². The molecule has 1 aromatic heterocycles. The minimum absolute atomic E-state index is 0.279. The van der Waals surface area contributed by atoms with E-state index in [-0.39, 0.29) is 18.6 Å². The number of benzene rings is 1. The number of carbonyl (C=O) groups excluding carboxylic acids is 2. The molecule has 0 fully saturated rings. The SMILES string of the molecule is Cc1cccc(/C=C/C(=O)OCC(=O)N[C@@H](C)c2ccco2)c1. The Labute approximate surface area is 134 Å². The molecule has 0 radical (unpaired) electrons. The second-order valence-corrected chi connectivity index (χ2v) is 5.16. The predicted molar refractivity (Wildman–Crippen MR) is 86.4 cm³/mol. The van der Waals surface area contributed by atoms with E-state index in [1.54, 1.807) is 25.1 Å². The van der Waals surface area contributed by atoms with Gasteiger partial charge in [-0.25, -0.2) is 4.79 Å². The van der Waals surface area contributed by atoms with Crippen molar-refractivity contribution >= 4 is 18.0 Å². The lowest BCUT2D eigenvalue weighted by Crippen LogP contribution is -2.30. The number of aryl methyl sites for hydroxylation is 1. The monoisotopic (exact) mass is 313 g/mol. The molecule has 1 aromatic carbocycles. The number of nitrogens with one attached hydrogen (secondary N) is 1. The first-order chi connectivity index (χ1) is 11.0. The fourth-order valence-electron chi connectivity index (χ4n) is 2.01. The van der Waals surface area contributed by atoms with Crippen molar-refractivity contribution in [2.75, 3.05) is 6.61 Å². The first-order valence-electron chi connectivity index (χ1n) is 7.29. The Balaban J connectivity index is 1.76. The molecule has 0 unspecified atom stereocenters. The number of esters is 1. The highest BCUT2D eigenvalue weighted by molar-refractivity contribution is 5.89. The van der Waals surface area contributed by atoms with Crippen LogP contribution in [-0.2, 0) is 14.3 Å². The van der Waals surface area contributed by atoms with Gasteiger partial charge in [0, 0.05) is 6.08 Å². The van der Waals surface area contributed by atoms with E-state index < -0.39 is 5.97 Å². The van der Waals surface area contributed by atoms with Crippen LogP contribution in [0.25, 0.3) is 6.08 Å². The zero-order valence-electron chi connectivity index (χ0n) is 13.1. The van der Waals surface area contributed by atoms with Crippen LogP contribution in [0.5, 0.6) is 0 Å². The van der Waals surface area contributed by atoms with Crippen LogP contribution in [0.3, 0.4) is 0 Å². The van der Waals surface area contributed by atoms with Crippen molar-refractivity contribution in [3.8, 4) is 0 Å². The number of carbonyl (C=O) groups is 2. The topological polar surface area (TPSA) is 68.5 Å². The molecule has 0 aliphatic rings. The number of rotatable bonds is 6. The van der Waals surface area contributed by atoms with Crippen LogP contribution in [0.1, 0.15) is 29.9 Å². The maximum Gasteiger partial charge on any atom is 0.331 e. The number of hydrogen-bond donors (Lipinski definition) is 1. The lowest BCUT2D eigenvalue weighted by atomic mass is 10.1. The molecule has 0 saturated heterocycles. The maximum atomic E-state index is 11.7. The van der Waals surface area contributed by atoms with Crippen LogP contribution in [0.4, 0.5) is 0 Å². The van der Waals surface area contributed by atoms with Gasteiger partial charge in [0.25, 0.3) is 5.91 Å². The largest absolute Gasteiger partial charge is 0.467 e. The minimum Gasteiger partial charge on any atom is -0.467 e. The molecule has 2 aromatic rings. The Morgan fingerprint density at radius 1 is 1.30 bits per heavy atom. The first kappa shape index (κ1) is 16.5. The number of furan rings is 1. The van der Waals surface area contributed by atoms with Gasteiger partial charge >= 0.3 is 5.97 Å². The standard InChI is InChI=1S/C18H19NO4/c1-13-5-3-6-15(11-13)8-9-18(21)23-12-17(20)19-14(2)16-7-4-10-22-16/h3-11,14H,12H2,1-2H3,(H,19,20)/b9-8+/t14-/m0/s1. The molecule has 1 amide bonds. The Kier molecular flexibility index (Phi) is 5.74. The molecule has 0 aliphatic carbocycles. The summed E-state index contributed by atoms with van der Waals surface area (Å²) in [7, 11) is 0. The summed E-state index contributed by atoms with van der Waals surface area (Å²) in [5.41, 5.74) is 2.00. The Bertz CT molecular complexity index is 689. The van der Waals surface area contributed by atoms with Crippen molar-refractivity contribution in [2.45, 2.75) is 19.9 Å². The second-order valence-electron chi connectivity index (χ2n) is 5.16. The van der Waals surface area contributed by atoms with E-state index in [4.69, 9.17) is 9.15 Å². The molecule has 0 aliphatic heterocycles. The molecule has 1 atom stereocenters. The Morgan fingerprint density at radius 3 is 2.83 bits per heavy atom. The molecule has 1 N–H and O–H groups in total. The second kappa shape index (κ2) is 7.98. The third kappa shape index (κ3) is 5.47. The highest BCUT2D eigenvalue weighted by Crippen LogP contribution is 2.11. The van der Waals surface area contributed by atoms with E-state index in [1.807, 2.05) is 31.2 Å². The van der Waals surface area contributed by atoms with Gasteiger partial charge in [-0.2, -0.15) is 0 Å². The quantitative estimate of drug-likeness (QED) is 0.657. The molecule has 2 rings (SSSR count). The van der Waals surface area contributed by atoms with Gasteiger partial charge in [-0.15, -0.1) is 0 Å². The lowest BCUT2D eigenvalue weighted by Gasteiger charge is -2.11. The summed E-state index contributed by atoms with van der Waals surface area (Å²) < 4.78 is 10.1. The summed E-state index contributed by atoms with van der Waals surface area (Å²) in [5.74, 6) is -0.303. The van der Waals surface area contributed by atoms with E-state index >= 15 is 0 Å². The summed E-state index contributed by atoms with van der Waals surface area (Å²) in [6.45, 7) is 3.43. The van der Waals surface area contributed by atoms with Gasteiger partial charge in [0.15, 0.2) is 6.61 Å². The molecule has 5 heteroatoms. The van der Waals surface area contributed by atoms with E-state index in [9.17, 15) is 9.59 Å². The highest BCUT2D eigenvalue weighted by Gasteiger charge is 2.12. The normalized spacial score (nSPS) is 12.1. The molecule has 1 heterocycles. The van der Waals surface area contributed by atoms with Crippen LogP contribution in [0.2, 0.25) is 0 Å². The lowest BCUT2D eigenvalue weighted by molar-refractivity contribution is -0.144. The summed E-state index contributed by atoms with van der Waals surface area (Å²) in [6.07, 6.45) is 4.49. The summed E-state index contributed by atoms with van der Waals surface area (Å²) in [6, 6.07) is 10.9. The Morgan fingerprint density at radius 2 is 2.13 bits per heavy atom. The van der Waals surface area contributed by atoms with Gasteiger partial charge in [-0.3, -0.25) is 4.79 Å². The smallest absolute Gasteiger partial charge is 0.331 e. The number of hydrogen-bond acceptors (Lipinski definition) is 4.